The number of nitrogens with zero attached hydrogens (tertiary/aromatic N) is 1. The predicted molar refractivity (Wildman–Crippen MR) is 64.7 cm³/mol. The van der Waals surface area contributed by atoms with E-state index in [4.69, 9.17) is 9.47 Å². The number of hydrogen-bond acceptors (Lipinski definition) is 4. The summed E-state index contributed by atoms with van der Waals surface area (Å²) in [6, 6.07) is 0.525. The van der Waals surface area contributed by atoms with Crippen LogP contribution in [0.4, 0.5) is 0 Å². The molecule has 4 nitrogen and oxygen atoms in total. The van der Waals surface area contributed by atoms with Gasteiger partial charge in [-0.2, -0.15) is 0 Å². The Kier molecular flexibility index (Phi) is 4.40. The van der Waals surface area contributed by atoms with Crippen molar-refractivity contribution in [3.63, 3.8) is 0 Å². The molecule has 4 heteroatoms. The quantitative estimate of drug-likeness (QED) is 0.683. The lowest BCUT2D eigenvalue weighted by atomic mass is 9.81. The Morgan fingerprint density at radius 2 is 2.00 bits per heavy atom. The summed E-state index contributed by atoms with van der Waals surface area (Å²) in [7, 11) is 3.66. The SMILES string of the molecule is COC(=O)C1CCN(C)C(C2CCOCC2)C1. The average Bonchev–Trinajstić information content (AvgIpc) is 2.39. The molecule has 0 N–H and O–H groups in total. The van der Waals surface area contributed by atoms with E-state index in [1.165, 1.54) is 7.11 Å². The Morgan fingerprint density at radius 1 is 1.29 bits per heavy atom. The highest BCUT2D eigenvalue weighted by Crippen LogP contribution is 2.32. The van der Waals surface area contributed by atoms with E-state index in [0.29, 0.717) is 12.0 Å². The van der Waals surface area contributed by atoms with Crippen molar-refractivity contribution in [3.05, 3.63) is 0 Å². The zero-order valence-corrected chi connectivity index (χ0v) is 10.9. The standard InChI is InChI=1S/C13H23NO3/c1-14-6-3-11(13(15)16-2)9-12(14)10-4-7-17-8-5-10/h10-12H,3-9H2,1-2H3. The van der Waals surface area contributed by atoms with Crippen molar-refractivity contribution >= 4 is 5.97 Å². The molecule has 2 rings (SSSR count). The number of carbonyl (C=O) groups is 1. The number of likely N-dealkylation sites (tertiary alicyclic amines) is 1. The third-order valence-electron chi connectivity index (χ3n) is 4.27. The van der Waals surface area contributed by atoms with Crippen LogP contribution < -0.4 is 0 Å². The number of hydrogen-bond donors (Lipinski definition) is 0. The minimum absolute atomic E-state index is 0.0323. The molecule has 2 heterocycles. The molecule has 2 fully saturated rings. The number of piperidine rings is 1. The Bertz CT molecular complexity index is 263. The minimum atomic E-state index is -0.0323. The summed E-state index contributed by atoms with van der Waals surface area (Å²) < 4.78 is 10.3. The molecule has 2 aliphatic rings. The van der Waals surface area contributed by atoms with Gasteiger partial charge in [-0.05, 0) is 45.2 Å². The molecule has 2 saturated heterocycles. The molecule has 2 aliphatic heterocycles. The van der Waals surface area contributed by atoms with E-state index in [0.717, 1.165) is 45.4 Å². The first kappa shape index (κ1) is 12.8. The molecule has 0 aliphatic carbocycles. The highest BCUT2D eigenvalue weighted by Gasteiger charge is 2.35. The van der Waals surface area contributed by atoms with Gasteiger partial charge in [-0.1, -0.05) is 0 Å². The molecule has 0 aromatic rings. The van der Waals surface area contributed by atoms with Crippen LogP contribution in [0.25, 0.3) is 0 Å². The third-order valence-corrected chi connectivity index (χ3v) is 4.27. The van der Waals surface area contributed by atoms with Crippen LogP contribution >= 0.6 is 0 Å². The summed E-state index contributed by atoms with van der Waals surface area (Å²) in [5.74, 6) is 0.750. The Hall–Kier alpha value is -0.610. The van der Waals surface area contributed by atoms with Gasteiger partial charge >= 0.3 is 5.97 Å². The van der Waals surface area contributed by atoms with Crippen LogP contribution in [0, 0.1) is 11.8 Å². The molecule has 0 radical (unpaired) electrons. The molecule has 2 atom stereocenters. The van der Waals surface area contributed by atoms with E-state index in [-0.39, 0.29) is 11.9 Å². The van der Waals surface area contributed by atoms with Crippen LogP contribution in [-0.2, 0) is 14.3 Å². The second kappa shape index (κ2) is 5.83. The maximum atomic E-state index is 11.6. The van der Waals surface area contributed by atoms with Gasteiger partial charge in [-0.25, -0.2) is 0 Å². The number of rotatable bonds is 2. The molecule has 0 spiro atoms. The van der Waals surface area contributed by atoms with Crippen LogP contribution in [0.1, 0.15) is 25.7 Å². The monoisotopic (exact) mass is 241 g/mol. The first-order valence-corrected chi connectivity index (χ1v) is 6.58. The summed E-state index contributed by atoms with van der Waals surface area (Å²) in [6.07, 6.45) is 4.14. The van der Waals surface area contributed by atoms with Gasteiger partial charge in [-0.3, -0.25) is 4.79 Å². The first-order valence-electron chi connectivity index (χ1n) is 6.58. The molecule has 0 aromatic carbocycles. The molecule has 0 saturated carbocycles. The van der Waals surface area contributed by atoms with Crippen molar-refractivity contribution in [2.75, 3.05) is 33.9 Å². The molecular weight excluding hydrogens is 218 g/mol. The van der Waals surface area contributed by atoms with Gasteiger partial charge in [0.2, 0.25) is 0 Å². The van der Waals surface area contributed by atoms with Crippen molar-refractivity contribution in [2.24, 2.45) is 11.8 Å². The van der Waals surface area contributed by atoms with Crippen molar-refractivity contribution in [1.29, 1.82) is 0 Å². The van der Waals surface area contributed by atoms with Crippen LogP contribution in [-0.4, -0.2) is 50.8 Å². The fraction of sp³-hybridized carbons (Fsp3) is 0.923. The molecule has 0 bridgehead atoms. The fourth-order valence-corrected chi connectivity index (χ4v) is 3.15. The second-order valence-corrected chi connectivity index (χ2v) is 5.24. The Morgan fingerprint density at radius 3 is 2.65 bits per heavy atom. The molecule has 98 valence electrons. The van der Waals surface area contributed by atoms with Gasteiger partial charge in [0.25, 0.3) is 0 Å². The van der Waals surface area contributed by atoms with Gasteiger partial charge in [0.15, 0.2) is 0 Å². The van der Waals surface area contributed by atoms with Gasteiger partial charge < -0.3 is 14.4 Å². The summed E-state index contributed by atoms with van der Waals surface area (Å²) in [6.45, 7) is 2.75. The van der Waals surface area contributed by atoms with Crippen molar-refractivity contribution in [2.45, 2.75) is 31.7 Å². The second-order valence-electron chi connectivity index (χ2n) is 5.24. The van der Waals surface area contributed by atoms with Crippen LogP contribution in [0.2, 0.25) is 0 Å². The number of esters is 1. The van der Waals surface area contributed by atoms with Crippen LogP contribution in [0.5, 0.6) is 0 Å². The zero-order valence-electron chi connectivity index (χ0n) is 10.9. The number of ether oxygens (including phenoxy) is 2. The van der Waals surface area contributed by atoms with Crippen molar-refractivity contribution in [3.8, 4) is 0 Å². The van der Waals surface area contributed by atoms with E-state index in [2.05, 4.69) is 11.9 Å². The van der Waals surface area contributed by atoms with Gasteiger partial charge in [-0.15, -0.1) is 0 Å². The summed E-state index contributed by atoms with van der Waals surface area (Å²) in [5, 5.41) is 0. The maximum Gasteiger partial charge on any atom is 0.308 e. The lowest BCUT2D eigenvalue weighted by Gasteiger charge is -2.41. The van der Waals surface area contributed by atoms with E-state index in [1.54, 1.807) is 0 Å². The smallest absolute Gasteiger partial charge is 0.308 e. The van der Waals surface area contributed by atoms with Crippen molar-refractivity contribution in [1.82, 2.24) is 4.90 Å². The van der Waals surface area contributed by atoms with E-state index in [1.807, 2.05) is 0 Å². The van der Waals surface area contributed by atoms with E-state index in [9.17, 15) is 4.79 Å². The highest BCUT2D eigenvalue weighted by molar-refractivity contribution is 5.72. The first-order chi connectivity index (χ1) is 8.22. The molecule has 0 aromatic heterocycles. The van der Waals surface area contributed by atoms with E-state index < -0.39 is 0 Å². The van der Waals surface area contributed by atoms with Gasteiger partial charge in [0.1, 0.15) is 0 Å². The largest absolute Gasteiger partial charge is 0.469 e. The summed E-state index contributed by atoms with van der Waals surface area (Å²) >= 11 is 0. The van der Waals surface area contributed by atoms with E-state index >= 15 is 0 Å². The third kappa shape index (κ3) is 2.99. The predicted octanol–water partition coefficient (Wildman–Crippen LogP) is 1.30. The van der Waals surface area contributed by atoms with Crippen LogP contribution in [0.3, 0.4) is 0 Å². The summed E-state index contributed by atoms with van der Waals surface area (Å²) in [5.41, 5.74) is 0. The lowest BCUT2D eigenvalue weighted by Crippen LogP contribution is -2.47. The Balaban J connectivity index is 1.96. The number of carbonyl (C=O) groups excluding carboxylic acids is 1. The van der Waals surface area contributed by atoms with Crippen LogP contribution in [0.15, 0.2) is 0 Å². The molecular formula is C13H23NO3. The molecule has 17 heavy (non-hydrogen) atoms. The maximum absolute atomic E-state index is 11.6. The topological polar surface area (TPSA) is 38.8 Å². The van der Waals surface area contributed by atoms with Gasteiger partial charge in [0.05, 0.1) is 13.0 Å². The minimum Gasteiger partial charge on any atom is -0.469 e. The Labute approximate surface area is 103 Å². The summed E-state index contributed by atoms with van der Waals surface area (Å²) in [4.78, 5) is 14.0. The molecule has 0 amide bonds. The van der Waals surface area contributed by atoms with Crippen molar-refractivity contribution < 1.29 is 14.3 Å². The normalized spacial score (nSPS) is 32.4. The zero-order chi connectivity index (χ0) is 12.3. The highest BCUT2D eigenvalue weighted by atomic mass is 16.5. The average molecular weight is 241 g/mol. The number of methoxy groups -OCH3 is 1. The molecule has 2 unspecified atom stereocenters. The fourth-order valence-electron chi connectivity index (χ4n) is 3.15. The van der Waals surface area contributed by atoms with Gasteiger partial charge in [0, 0.05) is 19.3 Å². The lowest BCUT2D eigenvalue weighted by molar-refractivity contribution is -0.148.